The van der Waals surface area contributed by atoms with Gasteiger partial charge in [-0.2, -0.15) is 8.42 Å². The van der Waals surface area contributed by atoms with Crippen LogP contribution in [0.4, 0.5) is 14.9 Å². The number of carbonyl (C=O) groups excluding carboxylic acids is 1. The number of nitrogens with one attached hydrogen (secondary N) is 2. The number of halogens is 1. The van der Waals surface area contributed by atoms with Crippen LogP contribution in [0.3, 0.4) is 0 Å². The number of anilines is 1. The second-order valence-corrected chi connectivity index (χ2v) is 4.61. The Kier molecular flexibility index (Phi) is 4.27. The van der Waals surface area contributed by atoms with Crippen LogP contribution < -0.4 is 9.44 Å². The van der Waals surface area contributed by atoms with E-state index in [4.69, 9.17) is 5.11 Å². The molecule has 0 aliphatic carbocycles. The maximum Gasteiger partial charge on any atom is 0.422 e. The molecule has 0 radical (unpaired) electrons. The van der Waals surface area contributed by atoms with E-state index in [1.54, 1.807) is 4.72 Å². The number of ether oxygens (including phenoxy) is 1. The molecule has 8 nitrogen and oxygen atoms in total. The fraction of sp³-hybridized carbons (Fsp3) is 0.111. The molecular formula is C9H9FN2O6S. The largest absolute Gasteiger partial charge is 0.478 e. The maximum atomic E-state index is 12.9. The fourth-order valence-electron chi connectivity index (χ4n) is 1.10. The normalized spacial score (nSPS) is 10.6. The van der Waals surface area contributed by atoms with E-state index < -0.39 is 39.3 Å². The third-order valence-corrected chi connectivity index (χ3v) is 2.78. The van der Waals surface area contributed by atoms with Crippen molar-refractivity contribution >= 4 is 28.0 Å². The first-order chi connectivity index (χ1) is 8.75. The van der Waals surface area contributed by atoms with Gasteiger partial charge in [0, 0.05) is 0 Å². The Morgan fingerprint density at radius 1 is 1.37 bits per heavy atom. The number of aromatic carboxylic acids is 1. The first kappa shape index (κ1) is 14.7. The summed E-state index contributed by atoms with van der Waals surface area (Å²) in [5, 5.41) is 8.80. The highest BCUT2D eigenvalue weighted by Gasteiger charge is 2.19. The third kappa shape index (κ3) is 4.10. The van der Waals surface area contributed by atoms with Crippen LogP contribution in [0.25, 0.3) is 0 Å². The highest BCUT2D eigenvalue weighted by atomic mass is 32.2. The summed E-state index contributed by atoms with van der Waals surface area (Å²) in [6, 6.07) is 2.41. The van der Waals surface area contributed by atoms with Gasteiger partial charge in [0.05, 0.1) is 18.4 Å². The number of hydrogen-bond acceptors (Lipinski definition) is 5. The average Bonchev–Trinajstić information content (AvgIpc) is 2.30. The van der Waals surface area contributed by atoms with Gasteiger partial charge < -0.3 is 9.84 Å². The number of hydrogen-bond donors (Lipinski definition) is 3. The molecule has 0 aliphatic heterocycles. The molecule has 1 aromatic carbocycles. The molecular weight excluding hydrogens is 283 g/mol. The Morgan fingerprint density at radius 2 is 2.00 bits per heavy atom. The molecule has 0 saturated heterocycles. The molecule has 10 heteroatoms. The van der Waals surface area contributed by atoms with Crippen molar-refractivity contribution in [2.75, 3.05) is 11.8 Å². The van der Waals surface area contributed by atoms with Gasteiger partial charge in [-0.1, -0.05) is 0 Å². The fourth-order valence-corrected chi connectivity index (χ4v) is 1.93. The SMILES string of the molecule is COC(=O)NS(=O)(=O)Nc1ccc(F)cc1C(=O)O. The molecule has 0 saturated carbocycles. The summed E-state index contributed by atoms with van der Waals surface area (Å²) in [6.45, 7) is 0. The van der Waals surface area contributed by atoms with Gasteiger partial charge in [0.15, 0.2) is 0 Å². The molecule has 1 aromatic rings. The van der Waals surface area contributed by atoms with E-state index in [9.17, 15) is 22.4 Å². The van der Waals surface area contributed by atoms with Crippen molar-refractivity contribution < 1.29 is 32.2 Å². The van der Waals surface area contributed by atoms with E-state index in [-0.39, 0.29) is 0 Å². The molecule has 1 amide bonds. The highest BCUT2D eigenvalue weighted by molar-refractivity contribution is 7.91. The number of carboxylic acids is 1. The van der Waals surface area contributed by atoms with Crippen molar-refractivity contribution in [1.29, 1.82) is 0 Å². The minimum absolute atomic E-state index is 0.398. The van der Waals surface area contributed by atoms with Crippen LogP contribution in [0.1, 0.15) is 10.4 Å². The van der Waals surface area contributed by atoms with Crippen LogP contribution in [-0.2, 0) is 14.9 Å². The van der Waals surface area contributed by atoms with E-state index in [2.05, 4.69) is 4.74 Å². The predicted octanol–water partition coefficient (Wildman–Crippen LogP) is 0.537. The molecule has 0 unspecified atom stereocenters. The molecule has 0 atom stereocenters. The number of carboxylic acid groups (broad SMARTS) is 1. The van der Waals surface area contributed by atoms with Crippen molar-refractivity contribution in [3.63, 3.8) is 0 Å². The van der Waals surface area contributed by atoms with Gasteiger partial charge >= 0.3 is 22.3 Å². The summed E-state index contributed by atoms with van der Waals surface area (Å²) in [4.78, 5) is 21.6. The topological polar surface area (TPSA) is 122 Å². The second-order valence-electron chi connectivity index (χ2n) is 3.19. The minimum atomic E-state index is -4.38. The van der Waals surface area contributed by atoms with E-state index in [1.165, 1.54) is 4.72 Å². The molecule has 0 aromatic heterocycles. The van der Waals surface area contributed by atoms with Crippen LogP contribution >= 0.6 is 0 Å². The second kappa shape index (κ2) is 5.52. The van der Waals surface area contributed by atoms with Crippen LogP contribution in [0.15, 0.2) is 18.2 Å². The van der Waals surface area contributed by atoms with Crippen LogP contribution in [0, 0.1) is 5.82 Å². The number of carbonyl (C=O) groups is 2. The molecule has 19 heavy (non-hydrogen) atoms. The third-order valence-electron chi connectivity index (χ3n) is 1.86. The van der Waals surface area contributed by atoms with Gasteiger partial charge in [-0.05, 0) is 18.2 Å². The smallest absolute Gasteiger partial charge is 0.422 e. The Balaban J connectivity index is 3.06. The molecule has 0 bridgehead atoms. The van der Waals surface area contributed by atoms with Gasteiger partial charge in [0.1, 0.15) is 5.82 Å². The zero-order chi connectivity index (χ0) is 14.6. The standard InChI is InChI=1S/C9H9FN2O6S/c1-18-9(15)12-19(16,17)11-7-3-2-5(10)4-6(7)8(13)14/h2-4,11H,1H3,(H,12,15)(H,13,14). The van der Waals surface area contributed by atoms with Crippen LogP contribution in [0.2, 0.25) is 0 Å². The van der Waals surface area contributed by atoms with Crippen molar-refractivity contribution in [3.8, 4) is 0 Å². The first-order valence-electron chi connectivity index (χ1n) is 4.66. The Morgan fingerprint density at radius 3 is 2.53 bits per heavy atom. The number of methoxy groups -OCH3 is 1. The molecule has 0 spiro atoms. The maximum absolute atomic E-state index is 12.9. The first-order valence-corrected chi connectivity index (χ1v) is 6.15. The molecule has 0 heterocycles. The van der Waals surface area contributed by atoms with Crippen molar-refractivity contribution in [3.05, 3.63) is 29.6 Å². The lowest BCUT2D eigenvalue weighted by Crippen LogP contribution is -2.35. The Hall–Kier alpha value is -2.36. The molecule has 3 N–H and O–H groups in total. The Labute approximate surface area is 107 Å². The highest BCUT2D eigenvalue weighted by Crippen LogP contribution is 2.18. The average molecular weight is 292 g/mol. The minimum Gasteiger partial charge on any atom is -0.478 e. The van der Waals surface area contributed by atoms with Crippen LogP contribution in [0.5, 0.6) is 0 Å². The zero-order valence-electron chi connectivity index (χ0n) is 9.51. The van der Waals surface area contributed by atoms with Gasteiger partial charge in [-0.25, -0.2) is 18.7 Å². The van der Waals surface area contributed by atoms with Crippen molar-refractivity contribution in [2.45, 2.75) is 0 Å². The monoisotopic (exact) mass is 292 g/mol. The van der Waals surface area contributed by atoms with E-state index in [0.29, 0.717) is 6.07 Å². The number of benzene rings is 1. The molecule has 1 rings (SSSR count). The van der Waals surface area contributed by atoms with Crippen LogP contribution in [-0.4, -0.2) is 32.7 Å². The summed E-state index contributed by atoms with van der Waals surface area (Å²) >= 11 is 0. The molecule has 104 valence electrons. The molecule has 0 fully saturated rings. The lowest BCUT2D eigenvalue weighted by molar-refractivity contribution is 0.0697. The van der Waals surface area contributed by atoms with Crippen molar-refractivity contribution in [2.24, 2.45) is 0 Å². The van der Waals surface area contributed by atoms with Gasteiger partial charge in [0.25, 0.3) is 0 Å². The summed E-state index contributed by atoms with van der Waals surface area (Å²) in [7, 11) is -3.43. The zero-order valence-corrected chi connectivity index (χ0v) is 10.3. The van der Waals surface area contributed by atoms with E-state index >= 15 is 0 Å². The Bertz CT molecular complexity index is 615. The summed E-state index contributed by atoms with van der Waals surface area (Å²) in [5.74, 6) is -2.38. The van der Waals surface area contributed by atoms with Crippen molar-refractivity contribution in [1.82, 2.24) is 4.72 Å². The number of rotatable bonds is 4. The van der Waals surface area contributed by atoms with E-state index in [1.807, 2.05) is 0 Å². The lowest BCUT2D eigenvalue weighted by Gasteiger charge is -2.10. The number of amides is 1. The lowest BCUT2D eigenvalue weighted by atomic mass is 10.2. The summed E-state index contributed by atoms with van der Waals surface area (Å²) < 4.78 is 43.0. The van der Waals surface area contributed by atoms with Gasteiger partial charge in [-0.3, -0.25) is 4.72 Å². The molecule has 0 aliphatic rings. The quantitative estimate of drug-likeness (QED) is 0.744. The van der Waals surface area contributed by atoms with E-state index in [0.717, 1.165) is 19.2 Å². The predicted molar refractivity (Wildman–Crippen MR) is 61.4 cm³/mol. The van der Waals surface area contributed by atoms with Gasteiger partial charge in [0.2, 0.25) is 0 Å². The summed E-state index contributed by atoms with van der Waals surface area (Å²) in [5.41, 5.74) is -0.999. The summed E-state index contributed by atoms with van der Waals surface area (Å²) in [6.07, 6.45) is -1.26. The van der Waals surface area contributed by atoms with Gasteiger partial charge in [-0.15, -0.1) is 0 Å².